The van der Waals surface area contributed by atoms with Crippen molar-refractivity contribution in [2.75, 3.05) is 7.11 Å². The summed E-state index contributed by atoms with van der Waals surface area (Å²) in [6, 6.07) is 15.2. The van der Waals surface area contributed by atoms with E-state index in [-0.39, 0.29) is 0 Å². The predicted molar refractivity (Wildman–Crippen MR) is 81.6 cm³/mol. The van der Waals surface area contributed by atoms with Crippen molar-refractivity contribution in [2.24, 2.45) is 0 Å². The first-order valence-electron chi connectivity index (χ1n) is 6.43. The Kier molecular flexibility index (Phi) is 4.46. The molecule has 2 aromatic carbocycles. The number of methoxy groups -OCH3 is 1. The zero-order valence-corrected chi connectivity index (χ0v) is 12.4. The van der Waals surface area contributed by atoms with Gasteiger partial charge in [0, 0.05) is 5.02 Å². The van der Waals surface area contributed by atoms with E-state index < -0.39 is 5.41 Å². The topological polar surface area (TPSA) is 26.3 Å². The first-order chi connectivity index (χ1) is 9.59. The lowest BCUT2D eigenvalue weighted by atomic mass is 9.78. The molecular weight excluding hydrogens is 272 g/mol. The number of hydrogen-bond acceptors (Lipinski definition) is 2. The van der Waals surface area contributed by atoms with E-state index in [1.807, 2.05) is 55.5 Å². The maximum atomic E-state index is 11.6. The third-order valence-electron chi connectivity index (χ3n) is 3.53. The van der Waals surface area contributed by atoms with Crippen LogP contribution in [0.25, 0.3) is 0 Å². The van der Waals surface area contributed by atoms with E-state index in [0.29, 0.717) is 11.4 Å². The van der Waals surface area contributed by atoms with Crippen molar-refractivity contribution in [1.82, 2.24) is 0 Å². The normalized spacial score (nSPS) is 13.6. The van der Waals surface area contributed by atoms with Crippen LogP contribution >= 0.6 is 11.6 Å². The van der Waals surface area contributed by atoms with Gasteiger partial charge in [0.2, 0.25) is 0 Å². The minimum atomic E-state index is -0.600. The monoisotopic (exact) mass is 288 g/mol. The molecule has 20 heavy (non-hydrogen) atoms. The predicted octanol–water partition coefficient (Wildman–Crippen LogP) is 4.05. The van der Waals surface area contributed by atoms with Crippen molar-refractivity contribution in [3.05, 3.63) is 64.7 Å². The highest BCUT2D eigenvalue weighted by atomic mass is 35.5. The molecule has 0 radical (unpaired) electrons. The molecule has 2 aromatic rings. The Morgan fingerprint density at radius 2 is 1.80 bits per heavy atom. The van der Waals surface area contributed by atoms with E-state index in [0.717, 1.165) is 23.2 Å². The summed E-state index contributed by atoms with van der Waals surface area (Å²) in [4.78, 5) is 11.6. The highest BCUT2D eigenvalue weighted by Crippen LogP contribution is 2.30. The fraction of sp³-hybridized carbons (Fsp3) is 0.235. The first kappa shape index (κ1) is 14.6. The Labute approximate surface area is 124 Å². The van der Waals surface area contributed by atoms with Gasteiger partial charge in [-0.2, -0.15) is 0 Å². The lowest BCUT2D eigenvalue weighted by molar-refractivity contribution is -0.112. The SMILES string of the molecule is COc1ccc(C(C)(C=O)Cc2ccccc2Cl)cc1. The molecule has 104 valence electrons. The van der Waals surface area contributed by atoms with Gasteiger partial charge >= 0.3 is 0 Å². The molecular formula is C17H17ClO2. The van der Waals surface area contributed by atoms with Crippen LogP contribution in [0.3, 0.4) is 0 Å². The molecule has 0 aliphatic rings. The van der Waals surface area contributed by atoms with Gasteiger partial charge in [-0.1, -0.05) is 41.9 Å². The molecule has 0 saturated carbocycles. The van der Waals surface area contributed by atoms with Gasteiger partial charge in [-0.3, -0.25) is 0 Å². The Morgan fingerprint density at radius 1 is 1.15 bits per heavy atom. The molecule has 2 rings (SSSR count). The van der Waals surface area contributed by atoms with E-state index in [9.17, 15) is 4.79 Å². The van der Waals surface area contributed by atoms with Gasteiger partial charge in [0.05, 0.1) is 12.5 Å². The number of carbonyl (C=O) groups is 1. The van der Waals surface area contributed by atoms with Crippen LogP contribution in [0.5, 0.6) is 5.75 Å². The van der Waals surface area contributed by atoms with Crippen LogP contribution in [0.4, 0.5) is 0 Å². The number of benzene rings is 2. The summed E-state index contributed by atoms with van der Waals surface area (Å²) in [7, 11) is 1.62. The van der Waals surface area contributed by atoms with Gasteiger partial charge in [-0.05, 0) is 42.7 Å². The molecule has 1 atom stereocenters. The summed E-state index contributed by atoms with van der Waals surface area (Å²) in [6.07, 6.45) is 1.56. The van der Waals surface area contributed by atoms with Crippen LogP contribution in [0.15, 0.2) is 48.5 Å². The van der Waals surface area contributed by atoms with Crippen molar-refractivity contribution in [3.63, 3.8) is 0 Å². The minimum Gasteiger partial charge on any atom is -0.497 e. The van der Waals surface area contributed by atoms with Crippen LogP contribution in [0.2, 0.25) is 5.02 Å². The van der Waals surface area contributed by atoms with Crippen LogP contribution < -0.4 is 4.74 Å². The van der Waals surface area contributed by atoms with Crippen LogP contribution in [0, 0.1) is 0 Å². The molecule has 0 aliphatic heterocycles. The summed E-state index contributed by atoms with van der Waals surface area (Å²) in [5.74, 6) is 0.778. The summed E-state index contributed by atoms with van der Waals surface area (Å²) in [5.41, 5.74) is 1.32. The second-order valence-electron chi connectivity index (χ2n) is 5.03. The average molecular weight is 289 g/mol. The van der Waals surface area contributed by atoms with E-state index in [1.54, 1.807) is 7.11 Å². The Morgan fingerprint density at radius 3 is 2.35 bits per heavy atom. The molecule has 2 nitrogen and oxygen atoms in total. The van der Waals surface area contributed by atoms with Gasteiger partial charge in [0.25, 0.3) is 0 Å². The Bertz CT molecular complexity index is 592. The molecule has 0 spiro atoms. The van der Waals surface area contributed by atoms with E-state index in [1.165, 1.54) is 0 Å². The molecule has 0 N–H and O–H groups in total. The Hall–Kier alpha value is -1.80. The molecule has 3 heteroatoms. The minimum absolute atomic E-state index is 0.572. The summed E-state index contributed by atoms with van der Waals surface area (Å²) < 4.78 is 5.14. The molecule has 0 aromatic heterocycles. The lowest BCUT2D eigenvalue weighted by Crippen LogP contribution is -2.26. The molecule has 0 saturated heterocycles. The third kappa shape index (κ3) is 3.02. The van der Waals surface area contributed by atoms with Gasteiger partial charge in [0.1, 0.15) is 12.0 Å². The largest absolute Gasteiger partial charge is 0.497 e. The van der Waals surface area contributed by atoms with Crippen molar-refractivity contribution in [2.45, 2.75) is 18.8 Å². The Balaban J connectivity index is 2.33. The number of ether oxygens (including phenoxy) is 1. The second kappa shape index (κ2) is 6.10. The van der Waals surface area contributed by atoms with E-state index in [4.69, 9.17) is 16.3 Å². The smallest absolute Gasteiger partial charge is 0.130 e. The molecule has 1 unspecified atom stereocenters. The average Bonchev–Trinajstić information content (AvgIpc) is 2.49. The maximum Gasteiger partial charge on any atom is 0.130 e. The zero-order valence-electron chi connectivity index (χ0n) is 11.6. The van der Waals surface area contributed by atoms with Crippen molar-refractivity contribution in [3.8, 4) is 5.75 Å². The molecule has 0 bridgehead atoms. The van der Waals surface area contributed by atoms with Gasteiger partial charge in [-0.15, -0.1) is 0 Å². The van der Waals surface area contributed by atoms with Crippen molar-refractivity contribution in [1.29, 1.82) is 0 Å². The fourth-order valence-corrected chi connectivity index (χ4v) is 2.42. The first-order valence-corrected chi connectivity index (χ1v) is 6.81. The number of carbonyl (C=O) groups excluding carboxylic acids is 1. The molecule has 0 heterocycles. The standard InChI is InChI=1S/C17H17ClO2/c1-17(12-19,11-13-5-3-4-6-16(13)18)14-7-9-15(20-2)10-8-14/h3-10,12H,11H2,1-2H3. The van der Waals surface area contributed by atoms with Crippen LogP contribution in [-0.2, 0) is 16.6 Å². The van der Waals surface area contributed by atoms with Crippen LogP contribution in [0.1, 0.15) is 18.1 Å². The fourth-order valence-electron chi connectivity index (χ4n) is 2.22. The lowest BCUT2D eigenvalue weighted by Gasteiger charge is -2.24. The number of hydrogen-bond donors (Lipinski definition) is 0. The summed E-state index contributed by atoms with van der Waals surface area (Å²) in [6.45, 7) is 1.92. The van der Waals surface area contributed by atoms with Gasteiger partial charge in [0.15, 0.2) is 0 Å². The molecule has 0 fully saturated rings. The van der Waals surface area contributed by atoms with Crippen LogP contribution in [-0.4, -0.2) is 13.4 Å². The molecule has 0 aliphatic carbocycles. The zero-order chi connectivity index (χ0) is 14.6. The number of aldehydes is 1. The third-order valence-corrected chi connectivity index (χ3v) is 3.89. The second-order valence-corrected chi connectivity index (χ2v) is 5.44. The van der Waals surface area contributed by atoms with E-state index >= 15 is 0 Å². The highest BCUT2D eigenvalue weighted by molar-refractivity contribution is 6.31. The van der Waals surface area contributed by atoms with Crippen molar-refractivity contribution >= 4 is 17.9 Å². The number of rotatable bonds is 5. The number of halogens is 1. The molecule has 0 amide bonds. The maximum absolute atomic E-state index is 11.6. The summed E-state index contributed by atoms with van der Waals surface area (Å²) in [5, 5.41) is 0.689. The van der Waals surface area contributed by atoms with Crippen molar-refractivity contribution < 1.29 is 9.53 Å². The quantitative estimate of drug-likeness (QED) is 0.776. The van der Waals surface area contributed by atoms with Gasteiger partial charge in [-0.25, -0.2) is 0 Å². The van der Waals surface area contributed by atoms with E-state index in [2.05, 4.69) is 0 Å². The highest BCUT2D eigenvalue weighted by Gasteiger charge is 2.27. The summed E-state index contributed by atoms with van der Waals surface area (Å²) >= 11 is 6.19. The van der Waals surface area contributed by atoms with Gasteiger partial charge < -0.3 is 9.53 Å².